The lowest BCUT2D eigenvalue weighted by molar-refractivity contribution is 0.0950. The van der Waals surface area contributed by atoms with Gasteiger partial charge in [-0.3, -0.25) is 10.1 Å². The maximum absolute atomic E-state index is 11.9. The molecule has 0 unspecified atom stereocenters. The van der Waals surface area contributed by atoms with Crippen molar-refractivity contribution in [2.75, 3.05) is 17.8 Å². The van der Waals surface area contributed by atoms with Gasteiger partial charge >= 0.3 is 6.09 Å². The van der Waals surface area contributed by atoms with Gasteiger partial charge in [-0.1, -0.05) is 28.1 Å². The van der Waals surface area contributed by atoms with E-state index in [4.69, 9.17) is 0 Å². The van der Waals surface area contributed by atoms with Crippen molar-refractivity contribution in [1.29, 1.82) is 0 Å². The van der Waals surface area contributed by atoms with Crippen LogP contribution < -0.4 is 5.32 Å². The summed E-state index contributed by atoms with van der Waals surface area (Å²) in [7, 11) is 1.24. The number of nitrogens with one attached hydrogen (secondary N) is 1. The molecule has 0 saturated carbocycles. The van der Waals surface area contributed by atoms with Gasteiger partial charge in [0.25, 0.3) is 0 Å². The number of para-hydroxylation sites is 2. The van der Waals surface area contributed by atoms with Crippen LogP contribution >= 0.6 is 15.9 Å². The van der Waals surface area contributed by atoms with Crippen molar-refractivity contribution in [3.8, 4) is 0 Å². The van der Waals surface area contributed by atoms with Gasteiger partial charge in [0.15, 0.2) is 0 Å². The second-order valence-corrected chi connectivity index (χ2v) is 3.96. The van der Waals surface area contributed by atoms with Crippen LogP contribution in [0.3, 0.4) is 0 Å². The highest BCUT2D eigenvalue weighted by molar-refractivity contribution is 9.09. The summed E-state index contributed by atoms with van der Waals surface area (Å²) in [5.74, 6) is -0.0809. The summed E-state index contributed by atoms with van der Waals surface area (Å²) >= 11 is 3.10. The van der Waals surface area contributed by atoms with Crippen LogP contribution in [-0.4, -0.2) is 34.0 Å². The van der Waals surface area contributed by atoms with Crippen LogP contribution in [0.1, 0.15) is 4.79 Å². The molecule has 0 bridgehead atoms. The van der Waals surface area contributed by atoms with E-state index in [9.17, 15) is 9.59 Å². The molecule has 0 spiro atoms. The molecule has 1 aromatic heterocycles. The van der Waals surface area contributed by atoms with E-state index in [1.165, 1.54) is 11.7 Å². The monoisotopic (exact) mass is 311 g/mol. The van der Waals surface area contributed by atoms with Gasteiger partial charge in [-0.05, 0) is 12.1 Å². The highest BCUT2D eigenvalue weighted by Gasteiger charge is 2.17. The fourth-order valence-corrected chi connectivity index (χ4v) is 1.82. The van der Waals surface area contributed by atoms with Crippen molar-refractivity contribution >= 4 is 44.9 Å². The molecule has 0 radical (unpaired) electrons. The lowest BCUT2D eigenvalue weighted by Gasteiger charge is -2.06. The molecule has 2 rings (SSSR count). The number of hydrogen-bond acceptors (Lipinski definition) is 4. The summed E-state index contributed by atoms with van der Waals surface area (Å²) < 4.78 is 5.83. The third-order valence-electron chi connectivity index (χ3n) is 2.32. The Morgan fingerprint density at radius 2 is 2.17 bits per heavy atom. The average Bonchev–Trinajstić information content (AvgIpc) is 2.75. The molecule has 18 heavy (non-hydrogen) atoms. The van der Waals surface area contributed by atoms with Crippen molar-refractivity contribution in [2.45, 2.75) is 0 Å². The molecular weight excluding hydrogens is 302 g/mol. The smallest absolute Gasteiger partial charge is 0.413 e. The third kappa shape index (κ3) is 2.21. The van der Waals surface area contributed by atoms with Crippen LogP contribution in [-0.2, 0) is 4.74 Å². The molecule has 1 heterocycles. The molecule has 7 heteroatoms. The largest absolute Gasteiger partial charge is 0.453 e. The van der Waals surface area contributed by atoms with Gasteiger partial charge < -0.3 is 4.74 Å². The number of rotatable bonds is 2. The van der Waals surface area contributed by atoms with Gasteiger partial charge in [-0.25, -0.2) is 14.3 Å². The predicted molar refractivity (Wildman–Crippen MR) is 70.2 cm³/mol. The normalized spacial score (nSPS) is 10.3. The zero-order chi connectivity index (χ0) is 13.1. The summed E-state index contributed by atoms with van der Waals surface area (Å²) in [5, 5.41) is 2.54. The number of alkyl halides is 1. The number of nitrogens with zero attached hydrogens (tertiary/aromatic N) is 2. The third-order valence-corrected chi connectivity index (χ3v) is 2.80. The SMILES string of the molecule is COC(=O)Nc1nc2ccccc2n1C(=O)CBr. The van der Waals surface area contributed by atoms with Gasteiger partial charge in [0.05, 0.1) is 23.5 Å². The fourth-order valence-electron chi connectivity index (χ4n) is 1.56. The first-order chi connectivity index (χ1) is 8.67. The summed E-state index contributed by atoms with van der Waals surface area (Å²) in [4.78, 5) is 27.3. The van der Waals surface area contributed by atoms with E-state index >= 15 is 0 Å². The van der Waals surface area contributed by atoms with Crippen LogP contribution in [0.4, 0.5) is 10.7 Å². The standard InChI is InChI=1S/C11H10BrN3O3/c1-18-11(17)14-10-13-7-4-2-3-5-8(7)15(10)9(16)6-12/h2-5H,6H2,1H3,(H,13,14,17). The minimum absolute atomic E-state index is 0.128. The number of anilines is 1. The van der Waals surface area contributed by atoms with E-state index in [-0.39, 0.29) is 17.2 Å². The number of aromatic nitrogens is 2. The molecule has 2 aromatic rings. The number of methoxy groups -OCH3 is 1. The van der Waals surface area contributed by atoms with E-state index < -0.39 is 6.09 Å². The molecule has 94 valence electrons. The predicted octanol–water partition coefficient (Wildman–Crippen LogP) is 2.25. The first-order valence-corrected chi connectivity index (χ1v) is 6.21. The van der Waals surface area contributed by atoms with Gasteiger partial charge in [-0.15, -0.1) is 0 Å². The number of fused-ring (bicyclic) bond motifs is 1. The number of halogens is 1. The Labute approximate surface area is 111 Å². The molecule has 0 fully saturated rings. The van der Waals surface area contributed by atoms with Gasteiger partial charge in [0.2, 0.25) is 11.9 Å². The number of carbonyl (C=O) groups excluding carboxylic acids is 2. The topological polar surface area (TPSA) is 73.2 Å². The molecule has 1 N–H and O–H groups in total. The van der Waals surface area contributed by atoms with E-state index in [2.05, 4.69) is 31.0 Å². The minimum atomic E-state index is -0.672. The number of ether oxygens (including phenoxy) is 1. The van der Waals surface area contributed by atoms with E-state index in [0.29, 0.717) is 11.0 Å². The average molecular weight is 312 g/mol. The first kappa shape index (κ1) is 12.6. The Hall–Kier alpha value is -1.89. The zero-order valence-corrected chi connectivity index (χ0v) is 11.1. The maximum atomic E-state index is 11.9. The second kappa shape index (κ2) is 5.18. The second-order valence-electron chi connectivity index (χ2n) is 3.40. The fraction of sp³-hybridized carbons (Fsp3) is 0.182. The zero-order valence-electron chi connectivity index (χ0n) is 9.51. The quantitative estimate of drug-likeness (QED) is 0.863. The van der Waals surface area contributed by atoms with E-state index in [1.54, 1.807) is 24.3 Å². The highest BCUT2D eigenvalue weighted by atomic mass is 79.9. The van der Waals surface area contributed by atoms with Crippen molar-refractivity contribution in [2.24, 2.45) is 0 Å². The van der Waals surface area contributed by atoms with Crippen molar-refractivity contribution < 1.29 is 14.3 Å². The molecular formula is C11H10BrN3O3. The van der Waals surface area contributed by atoms with Crippen LogP contribution in [0.2, 0.25) is 0 Å². The Bertz CT molecular complexity index is 609. The molecule has 0 saturated heterocycles. The molecule has 6 nitrogen and oxygen atoms in total. The van der Waals surface area contributed by atoms with E-state index in [0.717, 1.165) is 0 Å². The molecule has 0 aliphatic rings. The highest BCUT2D eigenvalue weighted by Crippen LogP contribution is 2.19. The first-order valence-electron chi connectivity index (χ1n) is 5.09. The Kier molecular flexibility index (Phi) is 3.61. The van der Waals surface area contributed by atoms with Gasteiger partial charge in [0, 0.05) is 0 Å². The molecule has 0 aliphatic carbocycles. The lowest BCUT2D eigenvalue weighted by atomic mass is 10.3. The minimum Gasteiger partial charge on any atom is -0.453 e. The summed E-state index contributed by atoms with van der Waals surface area (Å²) in [6, 6.07) is 7.12. The van der Waals surface area contributed by atoms with Crippen molar-refractivity contribution in [3.05, 3.63) is 24.3 Å². The van der Waals surface area contributed by atoms with Crippen LogP contribution in [0, 0.1) is 0 Å². The lowest BCUT2D eigenvalue weighted by Crippen LogP contribution is -2.19. The van der Waals surface area contributed by atoms with Crippen molar-refractivity contribution in [1.82, 2.24) is 9.55 Å². The Morgan fingerprint density at radius 1 is 1.44 bits per heavy atom. The van der Waals surface area contributed by atoms with Gasteiger partial charge in [0.1, 0.15) is 0 Å². The number of imidazole rings is 1. The Morgan fingerprint density at radius 3 is 2.83 bits per heavy atom. The Balaban J connectivity index is 2.57. The maximum Gasteiger partial charge on any atom is 0.413 e. The summed E-state index contributed by atoms with van der Waals surface area (Å²) in [6.07, 6.45) is -0.672. The molecule has 0 atom stereocenters. The number of carbonyl (C=O) groups is 2. The van der Waals surface area contributed by atoms with Crippen LogP contribution in [0.25, 0.3) is 11.0 Å². The number of benzene rings is 1. The molecule has 0 aliphatic heterocycles. The van der Waals surface area contributed by atoms with Crippen molar-refractivity contribution in [3.63, 3.8) is 0 Å². The van der Waals surface area contributed by atoms with Crippen LogP contribution in [0.15, 0.2) is 24.3 Å². The van der Waals surface area contributed by atoms with E-state index in [1.807, 2.05) is 0 Å². The number of hydrogen-bond donors (Lipinski definition) is 1. The molecule has 1 aromatic carbocycles. The molecule has 1 amide bonds. The van der Waals surface area contributed by atoms with Gasteiger partial charge in [-0.2, -0.15) is 0 Å². The summed E-state index contributed by atoms with van der Waals surface area (Å²) in [5.41, 5.74) is 1.26. The van der Waals surface area contributed by atoms with Crippen LogP contribution in [0.5, 0.6) is 0 Å². The summed E-state index contributed by atoms with van der Waals surface area (Å²) in [6.45, 7) is 0. The number of amides is 1.